The average Bonchev–Trinajstić information content (AvgIpc) is 2.41. The minimum Gasteiger partial charge on any atom is -0.399 e. The maximum atomic E-state index is 12.0. The number of rotatable bonds is 5. The van der Waals surface area contributed by atoms with Gasteiger partial charge in [-0.3, -0.25) is 4.79 Å². The van der Waals surface area contributed by atoms with Crippen LogP contribution in [0.4, 0.5) is 11.4 Å². The molecule has 0 saturated heterocycles. The molecule has 0 saturated carbocycles. The summed E-state index contributed by atoms with van der Waals surface area (Å²) >= 11 is 0. The molecule has 1 amide bonds. The first-order valence-electron chi connectivity index (χ1n) is 6.34. The lowest BCUT2D eigenvalue weighted by molar-refractivity contribution is -0.113. The van der Waals surface area contributed by atoms with Crippen LogP contribution in [0.15, 0.2) is 54.6 Å². The number of nitrogens with one attached hydrogen (secondary N) is 1. The van der Waals surface area contributed by atoms with Crippen molar-refractivity contribution in [1.29, 1.82) is 0 Å². The molecular weight excluding hydrogens is 288 g/mol. The first kappa shape index (κ1) is 15.1. The number of nitrogen functional groups attached to an aromatic ring is 1. The van der Waals surface area contributed by atoms with E-state index in [1.807, 2.05) is 6.07 Å². The van der Waals surface area contributed by atoms with E-state index in [9.17, 15) is 13.2 Å². The Morgan fingerprint density at radius 2 is 1.62 bits per heavy atom. The molecule has 0 aliphatic heterocycles. The van der Waals surface area contributed by atoms with Crippen LogP contribution in [0.3, 0.4) is 0 Å². The second kappa shape index (κ2) is 6.41. The Bertz CT molecular complexity index is 710. The van der Waals surface area contributed by atoms with Crippen molar-refractivity contribution in [2.75, 3.05) is 16.8 Å². The summed E-state index contributed by atoms with van der Waals surface area (Å²) in [5.41, 5.74) is 7.29. The van der Waals surface area contributed by atoms with E-state index in [1.54, 1.807) is 48.5 Å². The molecule has 0 bridgehead atoms. The Hall–Kier alpha value is -2.34. The van der Waals surface area contributed by atoms with Gasteiger partial charge < -0.3 is 11.1 Å². The number of anilines is 2. The van der Waals surface area contributed by atoms with Gasteiger partial charge in [-0.2, -0.15) is 0 Å². The quantitative estimate of drug-likeness (QED) is 0.825. The highest BCUT2D eigenvalue weighted by Gasteiger charge is 2.17. The number of carbonyl (C=O) groups excluding carboxylic acids is 1. The fourth-order valence-corrected chi connectivity index (χ4v) is 3.12. The molecule has 110 valence electrons. The van der Waals surface area contributed by atoms with Crippen molar-refractivity contribution in [2.24, 2.45) is 0 Å². The smallest absolute Gasteiger partial charge is 0.239 e. The van der Waals surface area contributed by atoms with Crippen LogP contribution in [-0.4, -0.2) is 20.1 Å². The highest BCUT2D eigenvalue weighted by atomic mass is 32.2. The summed E-state index contributed by atoms with van der Waals surface area (Å²) in [4.78, 5) is 11.8. The molecule has 21 heavy (non-hydrogen) atoms. The predicted octanol–water partition coefficient (Wildman–Crippen LogP) is 1.82. The van der Waals surface area contributed by atoms with Gasteiger partial charge in [-0.05, 0) is 29.8 Å². The van der Waals surface area contributed by atoms with Crippen LogP contribution in [0.2, 0.25) is 0 Å². The van der Waals surface area contributed by atoms with E-state index in [2.05, 4.69) is 5.32 Å². The summed E-state index contributed by atoms with van der Waals surface area (Å²) in [5, 5.41) is 2.54. The molecule has 0 unspecified atom stereocenters. The van der Waals surface area contributed by atoms with E-state index < -0.39 is 21.5 Å². The van der Waals surface area contributed by atoms with Crippen LogP contribution in [0, 0.1) is 0 Å². The Kier molecular flexibility index (Phi) is 4.59. The second-order valence-corrected chi connectivity index (χ2v) is 6.75. The lowest BCUT2D eigenvalue weighted by Gasteiger charge is -2.07. The van der Waals surface area contributed by atoms with Gasteiger partial charge in [0.25, 0.3) is 0 Å². The largest absolute Gasteiger partial charge is 0.399 e. The van der Waals surface area contributed by atoms with E-state index in [0.29, 0.717) is 16.9 Å². The standard InChI is InChI=1S/C15H16N2O3S/c16-13-6-8-14(9-7-13)17-15(18)11-21(19,20)10-12-4-2-1-3-5-12/h1-9H,10-11,16H2,(H,17,18). The molecule has 3 N–H and O–H groups in total. The second-order valence-electron chi connectivity index (χ2n) is 4.69. The Labute approximate surface area is 123 Å². The van der Waals surface area contributed by atoms with Gasteiger partial charge in [0, 0.05) is 11.4 Å². The molecule has 2 rings (SSSR count). The highest BCUT2D eigenvalue weighted by molar-refractivity contribution is 7.91. The molecule has 0 aliphatic carbocycles. The van der Waals surface area contributed by atoms with Gasteiger partial charge in [-0.15, -0.1) is 0 Å². The average molecular weight is 304 g/mol. The number of carbonyl (C=O) groups is 1. The molecule has 0 atom stereocenters. The van der Waals surface area contributed by atoms with Crippen molar-refractivity contribution >= 4 is 27.1 Å². The van der Waals surface area contributed by atoms with Gasteiger partial charge in [0.1, 0.15) is 5.75 Å². The summed E-state index contributed by atoms with van der Waals surface area (Å²) in [7, 11) is -3.50. The Morgan fingerprint density at radius 3 is 2.24 bits per heavy atom. The van der Waals surface area contributed by atoms with Gasteiger partial charge >= 0.3 is 0 Å². The minimum absolute atomic E-state index is 0.150. The van der Waals surface area contributed by atoms with Gasteiger partial charge in [0.15, 0.2) is 9.84 Å². The van der Waals surface area contributed by atoms with Gasteiger partial charge in [0.05, 0.1) is 5.75 Å². The highest BCUT2D eigenvalue weighted by Crippen LogP contribution is 2.11. The zero-order chi connectivity index (χ0) is 15.3. The zero-order valence-electron chi connectivity index (χ0n) is 11.3. The summed E-state index contributed by atoms with van der Waals surface area (Å²) in [6.07, 6.45) is 0. The van der Waals surface area contributed by atoms with Crippen molar-refractivity contribution in [1.82, 2.24) is 0 Å². The van der Waals surface area contributed by atoms with Crippen molar-refractivity contribution < 1.29 is 13.2 Å². The molecule has 2 aromatic rings. The number of amides is 1. The molecular formula is C15H16N2O3S. The summed E-state index contributed by atoms with van der Waals surface area (Å²) < 4.78 is 23.9. The fraction of sp³-hybridized carbons (Fsp3) is 0.133. The van der Waals surface area contributed by atoms with E-state index in [1.165, 1.54) is 0 Å². The third-order valence-corrected chi connectivity index (χ3v) is 4.25. The van der Waals surface area contributed by atoms with Crippen molar-refractivity contribution in [3.05, 3.63) is 60.2 Å². The topological polar surface area (TPSA) is 89.3 Å². The molecule has 6 heteroatoms. The first-order chi connectivity index (χ1) is 9.94. The van der Waals surface area contributed by atoms with Crippen LogP contribution >= 0.6 is 0 Å². The van der Waals surface area contributed by atoms with E-state index in [-0.39, 0.29) is 5.75 Å². The third kappa shape index (κ3) is 4.92. The van der Waals surface area contributed by atoms with Crippen molar-refractivity contribution in [3.63, 3.8) is 0 Å². The predicted molar refractivity (Wildman–Crippen MR) is 83.4 cm³/mol. The van der Waals surface area contributed by atoms with Gasteiger partial charge in [-0.25, -0.2) is 8.42 Å². The number of hydrogen-bond donors (Lipinski definition) is 2. The van der Waals surface area contributed by atoms with E-state index >= 15 is 0 Å². The van der Waals surface area contributed by atoms with Gasteiger partial charge in [-0.1, -0.05) is 30.3 Å². The molecule has 0 aliphatic rings. The van der Waals surface area contributed by atoms with Crippen LogP contribution in [0.5, 0.6) is 0 Å². The van der Waals surface area contributed by atoms with Gasteiger partial charge in [0.2, 0.25) is 5.91 Å². The van der Waals surface area contributed by atoms with Crippen molar-refractivity contribution in [3.8, 4) is 0 Å². The summed E-state index contributed by atoms with van der Waals surface area (Å²) in [6, 6.07) is 15.3. The zero-order valence-corrected chi connectivity index (χ0v) is 12.1. The van der Waals surface area contributed by atoms with Crippen LogP contribution in [0.25, 0.3) is 0 Å². The number of nitrogens with two attached hydrogens (primary N) is 1. The summed E-state index contributed by atoms with van der Waals surface area (Å²) in [5.74, 6) is -1.26. The van der Waals surface area contributed by atoms with Crippen LogP contribution in [0.1, 0.15) is 5.56 Å². The fourth-order valence-electron chi connectivity index (χ4n) is 1.84. The van der Waals surface area contributed by atoms with Crippen LogP contribution < -0.4 is 11.1 Å². The normalized spacial score (nSPS) is 11.0. The Morgan fingerprint density at radius 1 is 1.00 bits per heavy atom. The summed E-state index contributed by atoms with van der Waals surface area (Å²) in [6.45, 7) is 0. The molecule has 5 nitrogen and oxygen atoms in total. The van der Waals surface area contributed by atoms with Crippen LogP contribution in [-0.2, 0) is 20.4 Å². The SMILES string of the molecule is Nc1ccc(NC(=O)CS(=O)(=O)Cc2ccccc2)cc1. The monoisotopic (exact) mass is 304 g/mol. The number of benzene rings is 2. The lowest BCUT2D eigenvalue weighted by Crippen LogP contribution is -2.23. The van der Waals surface area contributed by atoms with E-state index in [0.717, 1.165) is 0 Å². The molecule has 0 spiro atoms. The first-order valence-corrected chi connectivity index (χ1v) is 8.16. The lowest BCUT2D eigenvalue weighted by atomic mass is 10.2. The van der Waals surface area contributed by atoms with E-state index in [4.69, 9.17) is 5.73 Å². The molecule has 0 heterocycles. The Balaban J connectivity index is 1.96. The minimum atomic E-state index is -3.50. The third-order valence-electron chi connectivity index (χ3n) is 2.77. The molecule has 0 fully saturated rings. The number of hydrogen-bond acceptors (Lipinski definition) is 4. The van der Waals surface area contributed by atoms with Crippen molar-refractivity contribution in [2.45, 2.75) is 5.75 Å². The number of sulfone groups is 1. The maximum absolute atomic E-state index is 12.0. The molecule has 0 radical (unpaired) electrons. The maximum Gasteiger partial charge on any atom is 0.239 e. The molecule has 0 aromatic heterocycles. The molecule has 2 aromatic carbocycles.